The van der Waals surface area contributed by atoms with Gasteiger partial charge in [-0.15, -0.1) is 0 Å². The number of nitrogens with one attached hydrogen (secondary N) is 1. The zero-order valence-electron chi connectivity index (χ0n) is 9.76. The van der Waals surface area contributed by atoms with Crippen LogP contribution in [-0.4, -0.2) is 39.9 Å². The Hall–Kier alpha value is -0.610. The normalized spacial score (nSPS) is 8.86. The van der Waals surface area contributed by atoms with Gasteiger partial charge in [-0.3, -0.25) is 4.79 Å². The van der Waals surface area contributed by atoms with Crippen molar-refractivity contribution in [3.63, 3.8) is 0 Å². The van der Waals surface area contributed by atoms with Gasteiger partial charge in [0.2, 0.25) is 5.91 Å². The van der Waals surface area contributed by atoms with Crippen molar-refractivity contribution >= 4 is 5.91 Å². The van der Waals surface area contributed by atoms with Gasteiger partial charge in [0.25, 0.3) is 0 Å². The number of ether oxygens (including phenoxy) is 2. The maximum absolute atomic E-state index is 10.5. The van der Waals surface area contributed by atoms with Crippen LogP contribution in [-0.2, 0) is 14.3 Å². The molecule has 0 radical (unpaired) electrons. The van der Waals surface area contributed by atoms with E-state index in [1.807, 2.05) is 6.92 Å². The number of amides is 1. The molecule has 1 amide bonds. The van der Waals surface area contributed by atoms with Crippen LogP contribution in [0, 0.1) is 0 Å². The van der Waals surface area contributed by atoms with E-state index in [9.17, 15) is 4.79 Å². The summed E-state index contributed by atoms with van der Waals surface area (Å²) in [6.07, 6.45) is 1.67. The molecule has 14 heavy (non-hydrogen) atoms. The lowest BCUT2D eigenvalue weighted by atomic mass is 10.4. The molecule has 0 aromatic rings. The quantitative estimate of drug-likeness (QED) is 0.663. The van der Waals surface area contributed by atoms with Crippen LogP contribution in [0.1, 0.15) is 26.7 Å². The minimum atomic E-state index is 0.0760. The van der Waals surface area contributed by atoms with Crippen molar-refractivity contribution in [3.8, 4) is 0 Å². The van der Waals surface area contributed by atoms with Gasteiger partial charge in [0, 0.05) is 33.8 Å². The van der Waals surface area contributed by atoms with Gasteiger partial charge < -0.3 is 14.8 Å². The average Bonchev–Trinajstić information content (AvgIpc) is 2.20. The monoisotopic (exact) mass is 205 g/mol. The fourth-order valence-electron chi connectivity index (χ4n) is 0.622. The topological polar surface area (TPSA) is 47.6 Å². The molecule has 0 saturated heterocycles. The Morgan fingerprint density at radius 2 is 1.71 bits per heavy atom. The van der Waals surface area contributed by atoms with Gasteiger partial charge in [-0.1, -0.05) is 13.8 Å². The van der Waals surface area contributed by atoms with Crippen molar-refractivity contribution in [3.05, 3.63) is 0 Å². The molecular weight excluding hydrogens is 182 g/mol. The zero-order valence-corrected chi connectivity index (χ0v) is 9.76. The molecule has 0 fully saturated rings. The first-order valence-corrected chi connectivity index (χ1v) is 4.97. The minimum Gasteiger partial charge on any atom is -0.385 e. The zero-order chi connectivity index (χ0) is 11.2. The molecule has 0 aliphatic rings. The molecule has 4 nitrogen and oxygen atoms in total. The Labute approximate surface area is 87.0 Å². The third-order valence-electron chi connectivity index (χ3n) is 1.36. The lowest BCUT2D eigenvalue weighted by Gasteiger charge is -1.99. The summed E-state index contributed by atoms with van der Waals surface area (Å²) in [5, 5.41) is 2.67. The van der Waals surface area contributed by atoms with Crippen molar-refractivity contribution in [2.75, 3.05) is 34.0 Å². The van der Waals surface area contributed by atoms with E-state index in [1.54, 1.807) is 14.2 Å². The maximum atomic E-state index is 10.5. The predicted octanol–water partition coefficient (Wildman–Crippen LogP) is 1.20. The number of carbonyl (C=O) groups excluding carboxylic acids is 1. The molecule has 1 N–H and O–H groups in total. The second-order valence-electron chi connectivity index (χ2n) is 2.69. The summed E-state index contributed by atoms with van der Waals surface area (Å²) in [5.41, 5.74) is 0. The van der Waals surface area contributed by atoms with Crippen molar-refractivity contribution in [1.29, 1.82) is 0 Å². The van der Waals surface area contributed by atoms with Crippen molar-refractivity contribution in [2.24, 2.45) is 0 Å². The smallest absolute Gasteiger partial charge is 0.219 e. The van der Waals surface area contributed by atoms with E-state index in [2.05, 4.69) is 12.2 Å². The minimum absolute atomic E-state index is 0.0760. The molecule has 0 spiro atoms. The summed E-state index contributed by atoms with van der Waals surface area (Å²) in [7, 11) is 3.32. The molecular formula is C10H23NO3. The number of rotatable bonds is 6. The van der Waals surface area contributed by atoms with Crippen LogP contribution < -0.4 is 5.32 Å². The standard InChI is InChI=1S/C6H13NO2.C4H10O/c1-3-6(8)7-4-5-9-2;1-3-4-5-2/h3-5H2,1-2H3,(H,7,8);3-4H2,1-2H3. The summed E-state index contributed by atoms with van der Waals surface area (Å²) in [5.74, 6) is 0.0760. The van der Waals surface area contributed by atoms with E-state index in [0.717, 1.165) is 13.0 Å². The molecule has 0 aromatic carbocycles. The second kappa shape index (κ2) is 14.9. The lowest BCUT2D eigenvalue weighted by Crippen LogP contribution is -2.25. The molecule has 0 heterocycles. The summed E-state index contributed by atoms with van der Waals surface area (Å²) in [6.45, 7) is 6.00. The van der Waals surface area contributed by atoms with Crippen molar-refractivity contribution < 1.29 is 14.3 Å². The van der Waals surface area contributed by atoms with Gasteiger partial charge >= 0.3 is 0 Å². The van der Waals surface area contributed by atoms with Crippen LogP contribution in [0.4, 0.5) is 0 Å². The predicted molar refractivity (Wildman–Crippen MR) is 57.3 cm³/mol. The molecule has 0 unspecified atom stereocenters. The average molecular weight is 205 g/mol. The van der Waals surface area contributed by atoms with Crippen LogP contribution in [0.5, 0.6) is 0 Å². The number of methoxy groups -OCH3 is 2. The van der Waals surface area contributed by atoms with Gasteiger partial charge in [0.15, 0.2) is 0 Å². The highest BCUT2D eigenvalue weighted by Crippen LogP contribution is 1.73. The van der Waals surface area contributed by atoms with Crippen LogP contribution >= 0.6 is 0 Å². The fourth-order valence-corrected chi connectivity index (χ4v) is 0.622. The van der Waals surface area contributed by atoms with Crippen LogP contribution in [0.25, 0.3) is 0 Å². The first kappa shape index (κ1) is 15.8. The highest BCUT2D eigenvalue weighted by atomic mass is 16.5. The van der Waals surface area contributed by atoms with E-state index < -0.39 is 0 Å². The Bertz CT molecular complexity index is 116. The third-order valence-corrected chi connectivity index (χ3v) is 1.36. The van der Waals surface area contributed by atoms with Crippen molar-refractivity contribution in [1.82, 2.24) is 5.32 Å². The maximum Gasteiger partial charge on any atom is 0.219 e. The lowest BCUT2D eigenvalue weighted by molar-refractivity contribution is -0.120. The first-order chi connectivity index (χ1) is 6.72. The summed E-state index contributed by atoms with van der Waals surface area (Å²) < 4.78 is 9.41. The van der Waals surface area contributed by atoms with E-state index >= 15 is 0 Å². The van der Waals surface area contributed by atoms with E-state index in [-0.39, 0.29) is 5.91 Å². The largest absolute Gasteiger partial charge is 0.385 e. The molecule has 0 aromatic heterocycles. The van der Waals surface area contributed by atoms with E-state index in [4.69, 9.17) is 9.47 Å². The van der Waals surface area contributed by atoms with Gasteiger partial charge in [-0.2, -0.15) is 0 Å². The fraction of sp³-hybridized carbons (Fsp3) is 0.900. The molecule has 0 aliphatic carbocycles. The van der Waals surface area contributed by atoms with Crippen LogP contribution in [0.3, 0.4) is 0 Å². The van der Waals surface area contributed by atoms with Gasteiger partial charge in [0.05, 0.1) is 6.61 Å². The summed E-state index contributed by atoms with van der Waals surface area (Å²) >= 11 is 0. The molecule has 0 atom stereocenters. The SMILES string of the molecule is CCC(=O)NCCOC.CCCOC. The summed E-state index contributed by atoms with van der Waals surface area (Å²) in [6, 6.07) is 0. The Morgan fingerprint density at radius 1 is 1.14 bits per heavy atom. The Morgan fingerprint density at radius 3 is 2.00 bits per heavy atom. The van der Waals surface area contributed by atoms with Crippen LogP contribution in [0.2, 0.25) is 0 Å². The van der Waals surface area contributed by atoms with Crippen LogP contribution in [0.15, 0.2) is 0 Å². The summed E-state index contributed by atoms with van der Waals surface area (Å²) in [4.78, 5) is 10.5. The molecule has 0 saturated carbocycles. The highest BCUT2D eigenvalue weighted by molar-refractivity contribution is 5.75. The third kappa shape index (κ3) is 17.5. The molecule has 4 heteroatoms. The molecule has 0 bridgehead atoms. The molecule has 0 aliphatic heterocycles. The van der Waals surface area contributed by atoms with E-state index in [1.165, 1.54) is 0 Å². The second-order valence-corrected chi connectivity index (χ2v) is 2.69. The van der Waals surface area contributed by atoms with Gasteiger partial charge in [0.1, 0.15) is 0 Å². The number of carbonyl (C=O) groups is 1. The Balaban J connectivity index is 0. The number of hydrogen-bond acceptors (Lipinski definition) is 3. The van der Waals surface area contributed by atoms with E-state index in [0.29, 0.717) is 19.6 Å². The Kier molecular flexibility index (Phi) is 16.9. The molecule has 0 rings (SSSR count). The van der Waals surface area contributed by atoms with Gasteiger partial charge in [-0.25, -0.2) is 0 Å². The first-order valence-electron chi connectivity index (χ1n) is 4.97. The highest BCUT2D eigenvalue weighted by Gasteiger charge is 1.92. The van der Waals surface area contributed by atoms with Crippen molar-refractivity contribution in [2.45, 2.75) is 26.7 Å². The molecule has 86 valence electrons. The number of hydrogen-bond donors (Lipinski definition) is 1. The van der Waals surface area contributed by atoms with Gasteiger partial charge in [-0.05, 0) is 6.42 Å².